The predicted molar refractivity (Wildman–Crippen MR) is 77.7 cm³/mol. The lowest BCUT2D eigenvalue weighted by molar-refractivity contribution is 0.317. The van der Waals surface area contributed by atoms with Crippen LogP contribution in [0.25, 0.3) is 0 Å². The fraction of sp³-hybridized carbons (Fsp3) is 0.867. The van der Waals surface area contributed by atoms with Crippen molar-refractivity contribution in [2.75, 3.05) is 0 Å². The Kier molecular flexibility index (Phi) is 4.61. The van der Waals surface area contributed by atoms with Crippen LogP contribution in [0.2, 0.25) is 0 Å². The van der Waals surface area contributed by atoms with Crippen molar-refractivity contribution in [2.24, 2.45) is 17.6 Å². The van der Waals surface area contributed by atoms with Gasteiger partial charge in [-0.2, -0.15) is 5.10 Å². The van der Waals surface area contributed by atoms with Crippen molar-refractivity contribution in [3.8, 4) is 0 Å². The molecule has 0 radical (unpaired) electrons. The Bertz CT molecular complexity index is 399. The summed E-state index contributed by atoms with van der Waals surface area (Å²) in [4.78, 5) is 4.38. The first kappa shape index (κ1) is 14.5. The molecule has 0 bridgehead atoms. The molecule has 0 aliphatic heterocycles. The Morgan fingerprint density at radius 3 is 2.89 bits per heavy atom. The van der Waals surface area contributed by atoms with Gasteiger partial charge in [0.15, 0.2) is 0 Å². The molecule has 0 amide bonds. The Balaban J connectivity index is 2.02. The molecule has 108 valence electrons. The molecule has 1 fully saturated rings. The van der Waals surface area contributed by atoms with Crippen LogP contribution in [-0.2, 0) is 13.0 Å². The molecule has 0 aromatic carbocycles. The van der Waals surface area contributed by atoms with Crippen LogP contribution in [0.15, 0.2) is 6.33 Å². The van der Waals surface area contributed by atoms with Gasteiger partial charge in [0.1, 0.15) is 12.2 Å². The van der Waals surface area contributed by atoms with E-state index in [2.05, 4.69) is 30.9 Å². The molecule has 1 heterocycles. The van der Waals surface area contributed by atoms with Gasteiger partial charge >= 0.3 is 0 Å². The molecule has 1 aromatic heterocycles. The number of nitrogens with two attached hydrogens (primary N) is 1. The van der Waals surface area contributed by atoms with Crippen molar-refractivity contribution in [3.63, 3.8) is 0 Å². The summed E-state index contributed by atoms with van der Waals surface area (Å²) in [5.41, 5.74) is 6.58. The number of hydrogen-bond acceptors (Lipinski definition) is 3. The summed E-state index contributed by atoms with van der Waals surface area (Å²) in [6.45, 7) is 7.65. The molecule has 1 saturated carbocycles. The normalized spacial score (nSPS) is 28.6. The molecular weight excluding hydrogens is 236 g/mol. The fourth-order valence-electron chi connectivity index (χ4n) is 3.31. The van der Waals surface area contributed by atoms with Gasteiger partial charge in [-0.25, -0.2) is 4.98 Å². The molecule has 1 aliphatic carbocycles. The maximum absolute atomic E-state index is 6.66. The molecule has 0 saturated heterocycles. The molecule has 2 unspecified atom stereocenters. The zero-order chi connectivity index (χ0) is 13.9. The van der Waals surface area contributed by atoms with Crippen molar-refractivity contribution in [3.05, 3.63) is 12.2 Å². The second-order valence-electron chi connectivity index (χ2n) is 6.47. The van der Waals surface area contributed by atoms with Gasteiger partial charge in [0.2, 0.25) is 0 Å². The van der Waals surface area contributed by atoms with Gasteiger partial charge in [-0.05, 0) is 38.0 Å². The maximum atomic E-state index is 6.66. The number of hydrogen-bond donors (Lipinski definition) is 1. The predicted octanol–water partition coefficient (Wildman–Crippen LogP) is 2.77. The number of rotatable bonds is 4. The fourth-order valence-corrected chi connectivity index (χ4v) is 3.31. The molecule has 4 nitrogen and oxygen atoms in total. The van der Waals surface area contributed by atoms with Gasteiger partial charge in [-0.1, -0.05) is 26.7 Å². The Morgan fingerprint density at radius 1 is 1.42 bits per heavy atom. The summed E-state index contributed by atoms with van der Waals surface area (Å²) in [6, 6.07) is 0. The minimum Gasteiger partial charge on any atom is -0.325 e. The van der Waals surface area contributed by atoms with Crippen LogP contribution < -0.4 is 5.73 Å². The van der Waals surface area contributed by atoms with Crippen molar-refractivity contribution < 1.29 is 0 Å². The van der Waals surface area contributed by atoms with Crippen LogP contribution >= 0.6 is 0 Å². The second kappa shape index (κ2) is 6.04. The first-order valence-electron chi connectivity index (χ1n) is 7.69. The Hall–Kier alpha value is -0.900. The van der Waals surface area contributed by atoms with Crippen LogP contribution in [0.5, 0.6) is 0 Å². The van der Waals surface area contributed by atoms with Crippen molar-refractivity contribution >= 4 is 0 Å². The average Bonchev–Trinajstić information content (AvgIpc) is 2.70. The van der Waals surface area contributed by atoms with Gasteiger partial charge in [0, 0.05) is 18.5 Å². The lowest BCUT2D eigenvalue weighted by Crippen LogP contribution is -2.42. The van der Waals surface area contributed by atoms with E-state index < -0.39 is 0 Å². The summed E-state index contributed by atoms with van der Waals surface area (Å²) in [5, 5.41) is 4.25. The van der Waals surface area contributed by atoms with E-state index in [9.17, 15) is 0 Å². The minimum absolute atomic E-state index is 0.0798. The van der Waals surface area contributed by atoms with E-state index in [1.165, 1.54) is 19.3 Å². The van der Waals surface area contributed by atoms with Crippen LogP contribution in [0.4, 0.5) is 0 Å². The van der Waals surface area contributed by atoms with Gasteiger partial charge < -0.3 is 5.73 Å². The Morgan fingerprint density at radius 2 is 2.21 bits per heavy atom. The topological polar surface area (TPSA) is 56.7 Å². The lowest BCUT2D eigenvalue weighted by Gasteiger charge is -2.28. The van der Waals surface area contributed by atoms with E-state index in [1.807, 2.05) is 4.68 Å². The summed E-state index contributed by atoms with van der Waals surface area (Å²) >= 11 is 0. The zero-order valence-electron chi connectivity index (χ0n) is 12.6. The van der Waals surface area contributed by atoms with Crippen molar-refractivity contribution in [1.29, 1.82) is 0 Å². The third-order valence-corrected chi connectivity index (χ3v) is 4.71. The highest BCUT2D eigenvalue weighted by Gasteiger charge is 2.31. The standard InChI is InChI=1S/C15H28N4/c1-4-19-14(17-11-18-19)10-15(16)8-5-6-13(7-9-15)12(2)3/h11-13H,4-10,16H2,1-3H3. The van der Waals surface area contributed by atoms with Gasteiger partial charge in [-0.3, -0.25) is 4.68 Å². The summed E-state index contributed by atoms with van der Waals surface area (Å²) < 4.78 is 1.97. The van der Waals surface area contributed by atoms with Crippen molar-refractivity contribution in [1.82, 2.24) is 14.8 Å². The highest BCUT2D eigenvalue weighted by atomic mass is 15.3. The van der Waals surface area contributed by atoms with E-state index in [-0.39, 0.29) is 5.54 Å². The van der Waals surface area contributed by atoms with Crippen molar-refractivity contribution in [2.45, 2.75) is 71.4 Å². The smallest absolute Gasteiger partial charge is 0.138 e. The van der Waals surface area contributed by atoms with Crippen LogP contribution in [0.3, 0.4) is 0 Å². The van der Waals surface area contributed by atoms with E-state index in [0.717, 1.165) is 43.5 Å². The summed E-state index contributed by atoms with van der Waals surface area (Å²) in [5.74, 6) is 2.67. The third-order valence-electron chi connectivity index (χ3n) is 4.71. The molecular formula is C15H28N4. The van der Waals surface area contributed by atoms with E-state index in [4.69, 9.17) is 5.73 Å². The first-order chi connectivity index (χ1) is 9.04. The molecule has 1 aromatic rings. The molecule has 2 rings (SSSR count). The maximum Gasteiger partial charge on any atom is 0.138 e. The number of aromatic nitrogens is 3. The van der Waals surface area contributed by atoms with Gasteiger partial charge in [-0.15, -0.1) is 0 Å². The highest BCUT2D eigenvalue weighted by molar-refractivity contribution is 4.99. The molecule has 2 N–H and O–H groups in total. The monoisotopic (exact) mass is 264 g/mol. The van der Waals surface area contributed by atoms with Crippen LogP contribution in [0.1, 0.15) is 58.7 Å². The number of aryl methyl sites for hydroxylation is 1. The summed E-state index contributed by atoms with van der Waals surface area (Å²) in [6.07, 6.45) is 8.59. The summed E-state index contributed by atoms with van der Waals surface area (Å²) in [7, 11) is 0. The van der Waals surface area contributed by atoms with Gasteiger partial charge in [0.25, 0.3) is 0 Å². The quantitative estimate of drug-likeness (QED) is 0.851. The van der Waals surface area contributed by atoms with E-state index >= 15 is 0 Å². The van der Waals surface area contributed by atoms with Crippen LogP contribution in [0, 0.1) is 11.8 Å². The molecule has 0 spiro atoms. The Labute approximate surface area is 116 Å². The first-order valence-corrected chi connectivity index (χ1v) is 7.69. The molecule has 1 aliphatic rings. The second-order valence-corrected chi connectivity index (χ2v) is 6.47. The van der Waals surface area contributed by atoms with Gasteiger partial charge in [0.05, 0.1) is 0 Å². The highest BCUT2D eigenvalue weighted by Crippen LogP contribution is 2.34. The largest absolute Gasteiger partial charge is 0.325 e. The zero-order valence-corrected chi connectivity index (χ0v) is 12.6. The van der Waals surface area contributed by atoms with E-state index in [0.29, 0.717) is 0 Å². The van der Waals surface area contributed by atoms with Crippen LogP contribution in [-0.4, -0.2) is 20.3 Å². The minimum atomic E-state index is -0.0798. The van der Waals surface area contributed by atoms with E-state index in [1.54, 1.807) is 6.33 Å². The molecule has 4 heteroatoms. The SMILES string of the molecule is CCn1ncnc1CC1(N)CCCC(C(C)C)CC1. The molecule has 19 heavy (non-hydrogen) atoms. The average molecular weight is 264 g/mol. The third kappa shape index (κ3) is 3.56. The molecule has 2 atom stereocenters. The lowest BCUT2D eigenvalue weighted by atomic mass is 9.85. The number of nitrogens with zero attached hydrogens (tertiary/aromatic N) is 3.